The minimum absolute atomic E-state index is 0. The third kappa shape index (κ3) is 15.4. The topological polar surface area (TPSA) is 211 Å². The van der Waals surface area contributed by atoms with Crippen molar-refractivity contribution in [1.82, 2.24) is 10.6 Å². The normalized spacial score (nSPS) is 30.4. The van der Waals surface area contributed by atoms with Gasteiger partial charge in [-0.25, -0.2) is 0 Å². The summed E-state index contributed by atoms with van der Waals surface area (Å²) in [7, 11) is 4.88. The number of ether oxygens (including phenoxy) is 2. The van der Waals surface area contributed by atoms with E-state index >= 15 is 0 Å². The SMILES string of the molecule is C.CN.CNC(=O)CCC[C@@H]1CC(=O)[C@@]2(C)CC[C@@H]3c4ccc(O)cc4CC[C@H]3[C@H]12.CNC(=O)CCC[C@@H]1CC(=O)[C@@]2(C)CC[C@@H]3c4ccc(OCc5ccccc5)cc4CC[C@H]3[C@H]12.C[C@]12CC[C@@H]3c4ccc(OCc5ccccc5)cc4CC[C@H]3[C@@H]1[C@H](CCCC(=O)O)CC2=O. The molecule has 14 rings (SSSR count). The number of aliphatic carboxylic acids is 1. The average Bonchev–Trinajstić information content (AvgIpc) is 1.66. The molecular formula is C84H111N3O10. The predicted molar refractivity (Wildman–Crippen MR) is 382 cm³/mol. The minimum Gasteiger partial charge on any atom is -0.508 e. The third-order valence-corrected chi connectivity index (χ3v) is 25.6. The molecule has 0 spiro atoms. The van der Waals surface area contributed by atoms with E-state index in [-0.39, 0.29) is 41.9 Å². The van der Waals surface area contributed by atoms with Gasteiger partial charge in [0.25, 0.3) is 0 Å². The lowest BCUT2D eigenvalue weighted by atomic mass is 9.54. The molecule has 6 N–H and O–H groups in total. The zero-order valence-electron chi connectivity index (χ0n) is 58.0. The van der Waals surface area contributed by atoms with Gasteiger partial charge >= 0.3 is 5.97 Å². The Hall–Kier alpha value is -7.12. The maximum Gasteiger partial charge on any atom is 0.303 e. The summed E-state index contributed by atoms with van der Waals surface area (Å²) in [6, 6.07) is 39.7. The van der Waals surface area contributed by atoms with Crippen molar-refractivity contribution >= 4 is 35.1 Å². The number of carbonyl (C=O) groups excluding carboxylic acids is 5. The standard InChI is InChI=1S/C30H37NO3.C29H34O4.C23H31NO3.CH5N.CH4/c1-30-16-15-25-24-14-12-23(34-19-20-7-4-3-5-8-20)17-21(24)11-13-26(25)29(30)22(18-27(30)32)9-6-10-28(33)31-2;1-29-15-14-24-23-13-11-22(33-18-19-6-3-2-4-7-19)16-20(23)10-12-25(24)28(29)21(17-26(29)30)8-5-9-27(31)32;1-23-11-10-18-17-9-7-16(25)12-14(17)6-8-19(18)22(23)15(13-20(23)26)4-3-5-21(27)24-2;1-2;/h3-5,7-8,12,14,17,22,25-26,29H,6,9-11,13,15-16,18-19H2,1-2H3,(H,31,33);2-4,6-7,11,13,16,21,24-25,28H,5,8-10,12,14-15,17-18H2,1H3,(H,31,32);7,9,12,15,18-19,22,25H,3-6,8,10-11,13H2,1-2H3,(H,24,27);2H2,1H3;1H4/t22-,25-,26-,29+,30-;21-,24-,25-,28+,29-;15-,18-,19-,22+,23-;;/m111../s1. The van der Waals surface area contributed by atoms with Crippen molar-refractivity contribution in [2.75, 3.05) is 21.1 Å². The van der Waals surface area contributed by atoms with Crippen LogP contribution in [0.15, 0.2) is 115 Å². The Morgan fingerprint density at radius 3 is 1.18 bits per heavy atom. The highest BCUT2D eigenvalue weighted by molar-refractivity contribution is 5.89. The highest BCUT2D eigenvalue weighted by Crippen LogP contribution is 2.65. The highest BCUT2D eigenvalue weighted by atomic mass is 16.5. The number of ketones is 3. The second-order valence-electron chi connectivity index (χ2n) is 30.6. The number of benzene rings is 5. The lowest BCUT2D eigenvalue weighted by molar-refractivity contribution is -0.137. The lowest BCUT2D eigenvalue weighted by Gasteiger charge is -2.50. The number of Topliss-reactive ketones (excluding diaryl/α,β-unsaturated/α-hetero) is 3. The molecule has 2 amide bonds. The number of aryl methyl sites for hydroxylation is 3. The maximum absolute atomic E-state index is 13.2. The molecule has 13 nitrogen and oxygen atoms in total. The first-order valence-corrected chi connectivity index (χ1v) is 36.6. The van der Waals surface area contributed by atoms with Crippen molar-refractivity contribution in [3.05, 3.63) is 160 Å². The number of carboxylic acids is 1. The second-order valence-corrected chi connectivity index (χ2v) is 30.6. The Labute approximate surface area is 578 Å². The largest absolute Gasteiger partial charge is 0.508 e. The molecule has 0 bridgehead atoms. The smallest absolute Gasteiger partial charge is 0.303 e. The molecule has 522 valence electrons. The van der Waals surface area contributed by atoms with Gasteiger partial charge in [-0.05, 0) is 275 Å². The van der Waals surface area contributed by atoms with Crippen LogP contribution in [0.2, 0.25) is 0 Å². The molecule has 0 aromatic heterocycles. The first-order valence-electron chi connectivity index (χ1n) is 36.6. The van der Waals surface area contributed by atoms with Crippen molar-refractivity contribution < 1.29 is 48.5 Å². The summed E-state index contributed by atoms with van der Waals surface area (Å²) in [5, 5.41) is 24.3. The molecule has 9 aliphatic rings. The fourth-order valence-electron chi connectivity index (χ4n) is 21.1. The van der Waals surface area contributed by atoms with Crippen LogP contribution >= 0.6 is 0 Å². The van der Waals surface area contributed by atoms with Crippen LogP contribution in [0.25, 0.3) is 0 Å². The summed E-state index contributed by atoms with van der Waals surface area (Å²) in [5.41, 5.74) is 14.7. The van der Waals surface area contributed by atoms with Gasteiger partial charge in [0, 0.05) is 68.9 Å². The number of phenols is 1. The lowest BCUT2D eigenvalue weighted by Crippen LogP contribution is -2.44. The number of rotatable bonds is 18. The third-order valence-electron chi connectivity index (χ3n) is 25.6. The summed E-state index contributed by atoms with van der Waals surface area (Å²) in [6.45, 7) is 7.81. The van der Waals surface area contributed by atoms with Crippen molar-refractivity contribution in [2.45, 2.75) is 213 Å². The first-order chi connectivity index (χ1) is 46.4. The van der Waals surface area contributed by atoms with Crippen LogP contribution in [0.3, 0.4) is 0 Å². The van der Waals surface area contributed by atoms with Crippen molar-refractivity contribution in [3.8, 4) is 17.2 Å². The van der Waals surface area contributed by atoms with Gasteiger partial charge in [-0.1, -0.05) is 107 Å². The Kier molecular flexibility index (Phi) is 23.8. The van der Waals surface area contributed by atoms with Crippen LogP contribution < -0.4 is 25.8 Å². The number of carbonyl (C=O) groups is 6. The van der Waals surface area contributed by atoms with Crippen molar-refractivity contribution in [3.63, 3.8) is 0 Å². The van der Waals surface area contributed by atoms with Gasteiger partial charge in [-0.2, -0.15) is 0 Å². The minimum atomic E-state index is -0.736. The number of nitrogens with two attached hydrogens (primary N) is 1. The van der Waals surface area contributed by atoms with Crippen LogP contribution in [-0.4, -0.2) is 66.5 Å². The van der Waals surface area contributed by atoms with Crippen LogP contribution in [-0.2, 0) is 61.2 Å². The van der Waals surface area contributed by atoms with Crippen LogP contribution in [0, 0.1) is 69.5 Å². The molecule has 6 fully saturated rings. The Morgan fingerprint density at radius 2 is 0.825 bits per heavy atom. The van der Waals surface area contributed by atoms with Gasteiger partial charge in [0.05, 0.1) is 0 Å². The van der Waals surface area contributed by atoms with Crippen LogP contribution in [0.1, 0.15) is 225 Å². The predicted octanol–water partition coefficient (Wildman–Crippen LogP) is 16.2. The molecule has 97 heavy (non-hydrogen) atoms. The molecule has 0 heterocycles. The van der Waals surface area contributed by atoms with E-state index in [4.69, 9.17) is 14.6 Å². The molecule has 0 aliphatic heterocycles. The summed E-state index contributed by atoms with van der Waals surface area (Å²) in [4.78, 5) is 73.5. The Balaban J connectivity index is 0.000000156. The fraction of sp³-hybridized carbons (Fsp3) is 0.571. The number of phenolic OH excluding ortho intramolecular Hbond substituents is 1. The first kappa shape index (κ1) is 72.6. The van der Waals surface area contributed by atoms with Gasteiger partial charge in [-0.15, -0.1) is 0 Å². The van der Waals surface area contributed by atoms with Gasteiger partial charge in [-0.3, -0.25) is 28.8 Å². The quantitative estimate of drug-likeness (QED) is 0.0557. The summed E-state index contributed by atoms with van der Waals surface area (Å²) in [5.74, 6) is 8.69. The molecule has 0 radical (unpaired) electrons. The van der Waals surface area contributed by atoms with E-state index in [1.54, 1.807) is 14.1 Å². The van der Waals surface area contributed by atoms with Crippen molar-refractivity contribution in [1.29, 1.82) is 0 Å². The van der Waals surface area contributed by atoms with Crippen molar-refractivity contribution in [2.24, 2.45) is 75.2 Å². The molecular weight excluding hydrogens is 1210 g/mol. The van der Waals surface area contributed by atoms with E-state index < -0.39 is 5.97 Å². The van der Waals surface area contributed by atoms with Gasteiger partial charge in [0.15, 0.2) is 0 Å². The molecule has 0 unspecified atom stereocenters. The van der Waals surface area contributed by atoms with Gasteiger partial charge < -0.3 is 36.1 Å². The fourth-order valence-corrected chi connectivity index (χ4v) is 21.1. The van der Waals surface area contributed by atoms with E-state index in [1.165, 1.54) is 51.6 Å². The molecule has 0 saturated heterocycles. The molecule has 6 saturated carbocycles. The maximum atomic E-state index is 13.2. The number of hydrogen-bond acceptors (Lipinski definition) is 10. The van der Waals surface area contributed by atoms with Gasteiger partial charge in [0.2, 0.25) is 11.8 Å². The zero-order chi connectivity index (χ0) is 67.9. The van der Waals surface area contributed by atoms with Gasteiger partial charge in [0.1, 0.15) is 47.8 Å². The number of hydrogen-bond donors (Lipinski definition) is 5. The number of aromatic hydroxyl groups is 1. The van der Waals surface area contributed by atoms with E-state index in [0.717, 1.165) is 121 Å². The monoisotopic (exact) mass is 1320 g/mol. The average molecular weight is 1320 g/mol. The molecule has 9 aliphatic carbocycles. The summed E-state index contributed by atoms with van der Waals surface area (Å²) >= 11 is 0. The number of fused-ring (bicyclic) bond motifs is 15. The second kappa shape index (κ2) is 31.8. The Bertz CT molecular complexity index is 3570. The van der Waals surface area contributed by atoms with E-state index in [9.17, 15) is 33.9 Å². The molecule has 13 heteroatoms. The highest BCUT2D eigenvalue weighted by Gasteiger charge is 2.61. The summed E-state index contributed by atoms with van der Waals surface area (Å²) < 4.78 is 12.2. The summed E-state index contributed by atoms with van der Waals surface area (Å²) in [6.07, 6.45) is 21.3. The molecule has 15 atom stereocenters. The van der Waals surface area contributed by atoms with Crippen LogP contribution in [0.4, 0.5) is 0 Å². The zero-order valence-corrected chi connectivity index (χ0v) is 58.0. The van der Waals surface area contributed by atoms with E-state index in [1.807, 2.05) is 48.5 Å². The molecule has 5 aromatic carbocycles. The van der Waals surface area contributed by atoms with E-state index in [2.05, 4.69) is 104 Å². The number of nitrogens with one attached hydrogen (secondary N) is 2. The Morgan fingerprint density at radius 1 is 0.485 bits per heavy atom. The van der Waals surface area contributed by atoms with Crippen LogP contribution in [0.5, 0.6) is 17.2 Å². The number of amides is 2. The molecule has 5 aromatic rings. The van der Waals surface area contributed by atoms with E-state index in [0.29, 0.717) is 146 Å². The number of carboxylic acid groups (broad SMARTS) is 1.